The van der Waals surface area contributed by atoms with Gasteiger partial charge in [-0.05, 0) is 50.3 Å². The highest BCUT2D eigenvalue weighted by molar-refractivity contribution is 7.99. The lowest BCUT2D eigenvalue weighted by Gasteiger charge is -2.20. The third kappa shape index (κ3) is 4.60. The van der Waals surface area contributed by atoms with Crippen LogP contribution in [-0.4, -0.2) is 18.8 Å². The van der Waals surface area contributed by atoms with Crippen molar-refractivity contribution in [3.63, 3.8) is 0 Å². The van der Waals surface area contributed by atoms with Gasteiger partial charge in [-0.3, -0.25) is 4.79 Å². The van der Waals surface area contributed by atoms with Crippen LogP contribution in [-0.2, 0) is 9.53 Å². The van der Waals surface area contributed by atoms with Crippen LogP contribution in [0.2, 0.25) is 5.02 Å². The Labute approximate surface area is 112 Å². The minimum Gasteiger partial charge on any atom is -0.469 e. The van der Waals surface area contributed by atoms with Crippen LogP contribution in [0, 0.1) is 5.41 Å². The third-order valence-electron chi connectivity index (χ3n) is 2.55. The smallest absolute Gasteiger partial charge is 0.311 e. The Bertz CT molecular complexity index is 374. The number of methoxy groups -OCH3 is 1. The molecule has 0 fully saturated rings. The Morgan fingerprint density at radius 2 is 1.94 bits per heavy atom. The Morgan fingerprint density at radius 1 is 1.35 bits per heavy atom. The van der Waals surface area contributed by atoms with Crippen LogP contribution >= 0.6 is 23.4 Å². The van der Waals surface area contributed by atoms with E-state index in [1.165, 1.54) is 7.11 Å². The minimum absolute atomic E-state index is 0.158. The fourth-order valence-corrected chi connectivity index (χ4v) is 2.64. The second-order valence-electron chi connectivity index (χ2n) is 4.43. The van der Waals surface area contributed by atoms with Gasteiger partial charge in [0.1, 0.15) is 0 Å². The van der Waals surface area contributed by atoms with Gasteiger partial charge in [-0.25, -0.2) is 0 Å². The maximum absolute atomic E-state index is 11.5. The Balaban J connectivity index is 2.42. The summed E-state index contributed by atoms with van der Waals surface area (Å²) in [7, 11) is 1.43. The van der Waals surface area contributed by atoms with Crippen molar-refractivity contribution in [3.8, 4) is 0 Å². The molecule has 0 aliphatic heterocycles. The van der Waals surface area contributed by atoms with Crippen LogP contribution in [0.1, 0.15) is 20.3 Å². The molecule has 0 N–H and O–H groups in total. The van der Waals surface area contributed by atoms with E-state index in [0.717, 1.165) is 22.1 Å². The molecule has 0 heterocycles. The second kappa shape index (κ2) is 6.31. The quantitative estimate of drug-likeness (QED) is 0.598. The molecule has 0 spiro atoms. The summed E-state index contributed by atoms with van der Waals surface area (Å²) in [5.41, 5.74) is -0.422. The first kappa shape index (κ1) is 14.4. The molecular formula is C13H17ClO2S. The number of benzene rings is 1. The molecule has 0 aromatic heterocycles. The van der Waals surface area contributed by atoms with Crippen molar-refractivity contribution in [3.05, 3.63) is 29.3 Å². The average Bonchev–Trinajstić information content (AvgIpc) is 2.30. The van der Waals surface area contributed by atoms with Crippen LogP contribution < -0.4 is 0 Å². The fraction of sp³-hybridized carbons (Fsp3) is 0.462. The van der Waals surface area contributed by atoms with Gasteiger partial charge in [0, 0.05) is 9.92 Å². The summed E-state index contributed by atoms with van der Waals surface area (Å²) >= 11 is 7.53. The number of rotatable bonds is 5. The molecule has 0 bridgehead atoms. The highest BCUT2D eigenvalue weighted by atomic mass is 35.5. The molecule has 0 atom stereocenters. The Kier molecular flexibility index (Phi) is 5.34. The van der Waals surface area contributed by atoms with Crippen molar-refractivity contribution in [2.24, 2.45) is 5.41 Å². The number of esters is 1. The van der Waals surface area contributed by atoms with Gasteiger partial charge in [0.05, 0.1) is 12.5 Å². The standard InChI is InChI=1S/C13H17ClO2S/c1-13(2,12(15)16-3)8-9-17-11-6-4-10(14)5-7-11/h4-7H,8-9H2,1-3H3. The molecule has 2 nitrogen and oxygen atoms in total. The number of hydrogen-bond acceptors (Lipinski definition) is 3. The van der Waals surface area contributed by atoms with Crippen molar-refractivity contribution in [2.75, 3.05) is 12.9 Å². The van der Waals surface area contributed by atoms with Crippen molar-refractivity contribution < 1.29 is 9.53 Å². The maximum Gasteiger partial charge on any atom is 0.311 e. The first-order valence-electron chi connectivity index (χ1n) is 5.42. The highest BCUT2D eigenvalue weighted by Gasteiger charge is 2.27. The summed E-state index contributed by atoms with van der Waals surface area (Å²) in [6, 6.07) is 7.71. The van der Waals surface area contributed by atoms with Gasteiger partial charge in [-0.15, -0.1) is 11.8 Å². The van der Waals surface area contributed by atoms with Crippen LogP contribution in [0.3, 0.4) is 0 Å². The number of hydrogen-bond donors (Lipinski definition) is 0. The highest BCUT2D eigenvalue weighted by Crippen LogP contribution is 2.28. The molecule has 0 radical (unpaired) electrons. The van der Waals surface area contributed by atoms with Crippen molar-refractivity contribution in [1.82, 2.24) is 0 Å². The summed E-state index contributed by atoms with van der Waals surface area (Å²) in [4.78, 5) is 12.6. The molecule has 0 saturated carbocycles. The first-order chi connectivity index (χ1) is 7.95. The SMILES string of the molecule is COC(=O)C(C)(C)CCSc1ccc(Cl)cc1. The molecule has 0 unspecified atom stereocenters. The lowest BCUT2D eigenvalue weighted by molar-refractivity contribution is -0.150. The molecule has 0 amide bonds. The minimum atomic E-state index is -0.422. The molecular weight excluding hydrogens is 256 g/mol. The molecule has 1 aromatic rings. The summed E-state index contributed by atoms with van der Waals surface area (Å²) in [6.07, 6.45) is 0.785. The van der Waals surface area contributed by atoms with E-state index in [9.17, 15) is 4.79 Å². The molecule has 1 rings (SSSR count). The molecule has 94 valence electrons. The first-order valence-corrected chi connectivity index (χ1v) is 6.79. The predicted molar refractivity (Wildman–Crippen MR) is 72.6 cm³/mol. The van der Waals surface area contributed by atoms with Crippen LogP contribution in [0.5, 0.6) is 0 Å². The van der Waals surface area contributed by atoms with E-state index in [-0.39, 0.29) is 5.97 Å². The second-order valence-corrected chi connectivity index (χ2v) is 6.03. The number of halogens is 1. The summed E-state index contributed by atoms with van der Waals surface area (Å²) in [6.45, 7) is 3.81. The van der Waals surface area contributed by atoms with E-state index in [0.29, 0.717) is 0 Å². The van der Waals surface area contributed by atoms with Gasteiger partial charge < -0.3 is 4.74 Å². The third-order valence-corrected chi connectivity index (χ3v) is 3.81. The van der Waals surface area contributed by atoms with Crippen molar-refractivity contribution in [2.45, 2.75) is 25.2 Å². The van der Waals surface area contributed by atoms with E-state index >= 15 is 0 Å². The molecule has 0 saturated heterocycles. The molecule has 4 heteroatoms. The van der Waals surface area contributed by atoms with Gasteiger partial charge in [0.2, 0.25) is 0 Å². The van der Waals surface area contributed by atoms with E-state index in [2.05, 4.69) is 0 Å². The van der Waals surface area contributed by atoms with Crippen LogP contribution in [0.4, 0.5) is 0 Å². The number of thioether (sulfide) groups is 1. The van der Waals surface area contributed by atoms with E-state index in [1.807, 2.05) is 38.1 Å². The molecule has 17 heavy (non-hydrogen) atoms. The van der Waals surface area contributed by atoms with Gasteiger partial charge in [-0.1, -0.05) is 11.6 Å². The van der Waals surface area contributed by atoms with Crippen LogP contribution in [0.15, 0.2) is 29.2 Å². The fourth-order valence-electron chi connectivity index (χ4n) is 1.33. The Hall–Kier alpha value is -0.670. The van der Waals surface area contributed by atoms with Gasteiger partial charge in [0.25, 0.3) is 0 Å². The van der Waals surface area contributed by atoms with Gasteiger partial charge in [-0.2, -0.15) is 0 Å². The number of ether oxygens (including phenoxy) is 1. The predicted octanol–water partition coefficient (Wildman–Crippen LogP) is 4.02. The van der Waals surface area contributed by atoms with Crippen LogP contribution in [0.25, 0.3) is 0 Å². The van der Waals surface area contributed by atoms with E-state index in [1.54, 1.807) is 11.8 Å². The lowest BCUT2D eigenvalue weighted by Crippen LogP contribution is -2.26. The zero-order chi connectivity index (χ0) is 12.9. The topological polar surface area (TPSA) is 26.3 Å². The monoisotopic (exact) mass is 272 g/mol. The lowest BCUT2D eigenvalue weighted by atomic mass is 9.91. The maximum atomic E-state index is 11.5. The molecule has 0 aliphatic carbocycles. The van der Waals surface area contributed by atoms with E-state index in [4.69, 9.17) is 16.3 Å². The number of carbonyl (C=O) groups is 1. The largest absolute Gasteiger partial charge is 0.469 e. The van der Waals surface area contributed by atoms with Crippen molar-refractivity contribution in [1.29, 1.82) is 0 Å². The summed E-state index contributed by atoms with van der Waals surface area (Å²) in [5.74, 6) is 0.721. The summed E-state index contributed by atoms with van der Waals surface area (Å²) < 4.78 is 4.77. The zero-order valence-corrected chi connectivity index (χ0v) is 11.9. The molecule has 1 aromatic carbocycles. The normalized spacial score (nSPS) is 11.3. The van der Waals surface area contributed by atoms with E-state index < -0.39 is 5.41 Å². The molecule has 0 aliphatic rings. The van der Waals surface area contributed by atoms with Crippen molar-refractivity contribution >= 4 is 29.3 Å². The average molecular weight is 273 g/mol. The summed E-state index contributed by atoms with van der Waals surface area (Å²) in [5, 5.41) is 0.740. The zero-order valence-electron chi connectivity index (χ0n) is 10.3. The Morgan fingerprint density at radius 3 is 2.47 bits per heavy atom. The van der Waals surface area contributed by atoms with Gasteiger partial charge >= 0.3 is 5.97 Å². The van der Waals surface area contributed by atoms with Gasteiger partial charge in [0.15, 0.2) is 0 Å². The number of carbonyl (C=O) groups excluding carboxylic acids is 1.